The van der Waals surface area contributed by atoms with Crippen molar-refractivity contribution >= 4 is 5.97 Å². The summed E-state index contributed by atoms with van der Waals surface area (Å²) in [5, 5.41) is 18.2. The fourth-order valence-electron chi connectivity index (χ4n) is 2.73. The van der Waals surface area contributed by atoms with Crippen molar-refractivity contribution in [1.29, 1.82) is 0 Å². The number of unbranched alkanes of at least 4 members (excludes halogenated alkanes) is 1. The van der Waals surface area contributed by atoms with Gasteiger partial charge >= 0.3 is 5.97 Å². The number of hydrogen-bond acceptors (Lipinski definition) is 2. The molecule has 0 aliphatic heterocycles. The van der Waals surface area contributed by atoms with Gasteiger partial charge in [0.1, 0.15) is 0 Å². The summed E-state index contributed by atoms with van der Waals surface area (Å²) >= 11 is 0. The molecule has 0 unspecified atom stereocenters. The Labute approximate surface area is 97.9 Å². The molecule has 0 aromatic carbocycles. The van der Waals surface area contributed by atoms with Gasteiger partial charge in [0.05, 0.1) is 5.41 Å². The van der Waals surface area contributed by atoms with Gasteiger partial charge in [-0.25, -0.2) is 0 Å². The fraction of sp³-hybridized carbons (Fsp3) is 0.923. The van der Waals surface area contributed by atoms with Crippen molar-refractivity contribution in [2.24, 2.45) is 5.41 Å². The molecule has 3 nitrogen and oxygen atoms in total. The largest absolute Gasteiger partial charge is 0.481 e. The van der Waals surface area contributed by atoms with Crippen LogP contribution in [0.5, 0.6) is 0 Å². The van der Waals surface area contributed by atoms with Gasteiger partial charge in [-0.05, 0) is 25.7 Å². The van der Waals surface area contributed by atoms with Gasteiger partial charge in [0.25, 0.3) is 0 Å². The fourth-order valence-corrected chi connectivity index (χ4v) is 2.73. The summed E-state index contributed by atoms with van der Waals surface area (Å²) in [6.07, 6.45) is 9.66. The first-order chi connectivity index (χ1) is 7.71. The Hall–Kier alpha value is -0.570. The van der Waals surface area contributed by atoms with Crippen molar-refractivity contribution in [3.8, 4) is 0 Å². The second-order valence-electron chi connectivity index (χ2n) is 5.03. The van der Waals surface area contributed by atoms with E-state index in [1.54, 1.807) is 0 Å². The van der Waals surface area contributed by atoms with Gasteiger partial charge < -0.3 is 10.2 Å². The second-order valence-corrected chi connectivity index (χ2v) is 5.03. The first-order valence-electron chi connectivity index (χ1n) is 6.55. The molecular weight excluding hydrogens is 204 g/mol. The van der Waals surface area contributed by atoms with Crippen molar-refractivity contribution in [2.75, 3.05) is 6.61 Å². The Bertz CT molecular complexity index is 205. The highest BCUT2D eigenvalue weighted by molar-refractivity contribution is 5.74. The first kappa shape index (κ1) is 13.5. The van der Waals surface area contributed by atoms with Crippen LogP contribution in [-0.4, -0.2) is 22.8 Å². The molecule has 0 aromatic heterocycles. The zero-order valence-corrected chi connectivity index (χ0v) is 10.1. The van der Waals surface area contributed by atoms with Gasteiger partial charge in [-0.15, -0.1) is 0 Å². The topological polar surface area (TPSA) is 57.5 Å². The van der Waals surface area contributed by atoms with Crippen LogP contribution >= 0.6 is 0 Å². The summed E-state index contributed by atoms with van der Waals surface area (Å²) in [5.74, 6) is -0.618. The predicted octanol–water partition coefficient (Wildman–Crippen LogP) is 2.96. The van der Waals surface area contributed by atoms with Gasteiger partial charge in [-0.3, -0.25) is 4.79 Å². The van der Waals surface area contributed by atoms with Crippen molar-refractivity contribution < 1.29 is 15.0 Å². The molecule has 1 aliphatic rings. The van der Waals surface area contributed by atoms with Gasteiger partial charge in [-0.1, -0.05) is 38.5 Å². The van der Waals surface area contributed by atoms with E-state index in [4.69, 9.17) is 5.11 Å². The molecule has 94 valence electrons. The third kappa shape index (κ3) is 3.78. The zero-order chi connectivity index (χ0) is 11.9. The van der Waals surface area contributed by atoms with Crippen LogP contribution in [0.1, 0.15) is 64.2 Å². The molecule has 0 aromatic rings. The molecule has 0 spiro atoms. The van der Waals surface area contributed by atoms with E-state index in [0.29, 0.717) is 0 Å². The maximum absolute atomic E-state index is 11.5. The molecule has 1 rings (SSSR count). The molecule has 0 heterocycles. The monoisotopic (exact) mass is 228 g/mol. The Morgan fingerprint density at radius 2 is 1.56 bits per heavy atom. The summed E-state index contributed by atoms with van der Waals surface area (Å²) in [6, 6.07) is 0. The Kier molecular flexibility index (Phi) is 5.81. The number of carboxylic acids is 1. The highest BCUT2D eigenvalue weighted by atomic mass is 16.4. The smallest absolute Gasteiger partial charge is 0.309 e. The zero-order valence-electron chi connectivity index (χ0n) is 10.1. The van der Waals surface area contributed by atoms with Crippen molar-refractivity contribution in [1.82, 2.24) is 0 Å². The molecule has 2 N–H and O–H groups in total. The minimum atomic E-state index is -0.618. The van der Waals surface area contributed by atoms with Crippen LogP contribution in [0.25, 0.3) is 0 Å². The summed E-state index contributed by atoms with van der Waals surface area (Å²) < 4.78 is 0. The van der Waals surface area contributed by atoms with E-state index < -0.39 is 11.4 Å². The number of aliphatic hydroxyl groups is 1. The molecule has 1 aliphatic carbocycles. The summed E-state index contributed by atoms with van der Waals surface area (Å²) in [6.45, 7) is 0.176. The lowest BCUT2D eigenvalue weighted by molar-refractivity contribution is -0.151. The lowest BCUT2D eigenvalue weighted by atomic mass is 9.73. The van der Waals surface area contributed by atoms with Crippen molar-refractivity contribution in [3.05, 3.63) is 0 Å². The normalized spacial score (nSPS) is 21.1. The highest BCUT2D eigenvalue weighted by Gasteiger charge is 2.37. The molecule has 0 amide bonds. The lowest BCUT2D eigenvalue weighted by Gasteiger charge is -2.31. The van der Waals surface area contributed by atoms with Crippen molar-refractivity contribution in [3.63, 3.8) is 0 Å². The quantitative estimate of drug-likeness (QED) is 0.711. The molecule has 16 heavy (non-hydrogen) atoms. The number of carboxylic acid groups (broad SMARTS) is 1. The number of rotatable bonds is 5. The number of carbonyl (C=O) groups is 1. The molecule has 3 heteroatoms. The third-order valence-electron chi connectivity index (χ3n) is 3.83. The second kappa shape index (κ2) is 6.89. The van der Waals surface area contributed by atoms with E-state index in [2.05, 4.69) is 0 Å². The van der Waals surface area contributed by atoms with Crippen LogP contribution in [0.4, 0.5) is 0 Å². The number of aliphatic carboxylic acids is 1. The van der Waals surface area contributed by atoms with E-state index in [9.17, 15) is 9.90 Å². The van der Waals surface area contributed by atoms with Crippen LogP contribution < -0.4 is 0 Å². The molecule has 0 saturated heterocycles. The van der Waals surface area contributed by atoms with Gasteiger partial charge in [0, 0.05) is 6.61 Å². The predicted molar refractivity (Wildman–Crippen MR) is 63.3 cm³/mol. The third-order valence-corrected chi connectivity index (χ3v) is 3.83. The Morgan fingerprint density at radius 3 is 2.06 bits per heavy atom. The first-order valence-corrected chi connectivity index (χ1v) is 6.55. The SMILES string of the molecule is O=C(O)C1(CCCCO)CCCCCCC1. The average Bonchev–Trinajstić information content (AvgIpc) is 2.21. The van der Waals surface area contributed by atoms with Gasteiger partial charge in [0.2, 0.25) is 0 Å². The van der Waals surface area contributed by atoms with E-state index >= 15 is 0 Å². The van der Waals surface area contributed by atoms with Crippen LogP contribution in [0.3, 0.4) is 0 Å². The molecule has 0 bridgehead atoms. The number of aliphatic hydroxyl groups excluding tert-OH is 1. The maximum Gasteiger partial charge on any atom is 0.309 e. The van der Waals surface area contributed by atoms with E-state index in [-0.39, 0.29) is 6.61 Å². The summed E-state index contributed by atoms with van der Waals surface area (Å²) in [4.78, 5) is 11.5. The lowest BCUT2D eigenvalue weighted by Crippen LogP contribution is -2.32. The molecular formula is C13H24O3. The van der Waals surface area contributed by atoms with Gasteiger partial charge in [0.15, 0.2) is 0 Å². The standard InChI is InChI=1S/C13H24O3/c14-11-7-6-10-13(12(15)16)8-4-2-1-3-5-9-13/h14H,1-11H2,(H,15,16). The highest BCUT2D eigenvalue weighted by Crippen LogP contribution is 2.38. The molecule has 0 radical (unpaired) electrons. The number of hydrogen-bond donors (Lipinski definition) is 2. The van der Waals surface area contributed by atoms with Crippen LogP contribution in [0, 0.1) is 5.41 Å². The van der Waals surface area contributed by atoms with E-state index in [0.717, 1.165) is 44.9 Å². The van der Waals surface area contributed by atoms with Crippen LogP contribution in [-0.2, 0) is 4.79 Å². The van der Waals surface area contributed by atoms with E-state index in [1.807, 2.05) is 0 Å². The Morgan fingerprint density at radius 1 is 1.00 bits per heavy atom. The minimum Gasteiger partial charge on any atom is -0.481 e. The van der Waals surface area contributed by atoms with Crippen LogP contribution in [0.15, 0.2) is 0 Å². The van der Waals surface area contributed by atoms with Crippen LogP contribution in [0.2, 0.25) is 0 Å². The maximum atomic E-state index is 11.5. The summed E-state index contributed by atoms with van der Waals surface area (Å²) in [7, 11) is 0. The molecule has 1 fully saturated rings. The van der Waals surface area contributed by atoms with Crippen molar-refractivity contribution in [2.45, 2.75) is 64.2 Å². The summed E-state index contributed by atoms with van der Waals surface area (Å²) in [5.41, 5.74) is -0.490. The minimum absolute atomic E-state index is 0.176. The average molecular weight is 228 g/mol. The molecule has 1 saturated carbocycles. The molecule has 0 atom stereocenters. The van der Waals surface area contributed by atoms with E-state index in [1.165, 1.54) is 19.3 Å². The Balaban J connectivity index is 2.56. The van der Waals surface area contributed by atoms with Gasteiger partial charge in [-0.2, -0.15) is 0 Å².